The summed E-state index contributed by atoms with van der Waals surface area (Å²) < 4.78 is 5.73. The predicted molar refractivity (Wildman–Crippen MR) is 86.6 cm³/mol. The Labute approximate surface area is 132 Å². The quantitative estimate of drug-likeness (QED) is 0.447. The van der Waals surface area contributed by atoms with Gasteiger partial charge in [0, 0.05) is 5.02 Å². The molecule has 6 nitrogen and oxygen atoms in total. The molecule has 0 fully saturated rings. The van der Waals surface area contributed by atoms with E-state index < -0.39 is 5.84 Å². The van der Waals surface area contributed by atoms with Gasteiger partial charge in [-0.25, -0.2) is 0 Å². The van der Waals surface area contributed by atoms with E-state index >= 15 is 0 Å². The zero-order valence-corrected chi connectivity index (χ0v) is 12.1. The normalized spacial score (nSPS) is 10.6. The van der Waals surface area contributed by atoms with Crippen molar-refractivity contribution in [1.82, 2.24) is 0 Å². The van der Waals surface area contributed by atoms with Crippen molar-refractivity contribution < 1.29 is 4.74 Å². The van der Waals surface area contributed by atoms with Crippen LogP contribution in [0, 0.1) is 16.7 Å². The molecule has 0 spiro atoms. The molecule has 0 amide bonds. The first kappa shape index (κ1) is 15.4. The Balaban J connectivity index is 2.29. The van der Waals surface area contributed by atoms with Crippen molar-refractivity contribution in [3.05, 3.63) is 53.6 Å². The highest BCUT2D eigenvalue weighted by atomic mass is 35.5. The number of rotatable bonds is 5. The van der Waals surface area contributed by atoms with Gasteiger partial charge in [-0.05, 0) is 30.3 Å². The number of nitrogens with zero attached hydrogens (tertiary/aromatic N) is 2. The van der Waals surface area contributed by atoms with Gasteiger partial charge in [-0.2, -0.15) is 10.4 Å². The van der Waals surface area contributed by atoms with Crippen LogP contribution in [0.4, 0.5) is 5.69 Å². The van der Waals surface area contributed by atoms with Gasteiger partial charge in [0.25, 0.3) is 0 Å². The summed E-state index contributed by atoms with van der Waals surface area (Å²) in [5.41, 5.74) is 8.10. The van der Waals surface area contributed by atoms with Crippen molar-refractivity contribution in [2.24, 2.45) is 10.8 Å². The van der Waals surface area contributed by atoms with Crippen LogP contribution >= 0.6 is 11.6 Å². The number of halogens is 1. The average Bonchev–Trinajstić information content (AvgIpc) is 2.51. The molecule has 0 aromatic heterocycles. The zero-order valence-electron chi connectivity index (χ0n) is 11.4. The third kappa shape index (κ3) is 3.98. The Kier molecular flexibility index (Phi) is 4.96. The van der Waals surface area contributed by atoms with E-state index in [1.54, 1.807) is 36.4 Å². The van der Waals surface area contributed by atoms with E-state index in [1.807, 2.05) is 18.2 Å². The third-order valence-electron chi connectivity index (χ3n) is 2.56. The number of nitriles is 1. The molecule has 0 aliphatic rings. The van der Waals surface area contributed by atoms with Gasteiger partial charge in [-0.3, -0.25) is 10.8 Å². The fourth-order valence-electron chi connectivity index (χ4n) is 1.56. The lowest BCUT2D eigenvalue weighted by atomic mass is 10.3. The molecule has 0 atom stereocenters. The first-order valence-corrected chi connectivity index (χ1v) is 6.58. The Hall–Kier alpha value is -3.04. The molecule has 110 valence electrons. The number of anilines is 1. The maximum Gasteiger partial charge on any atom is 0.201 e. The molecule has 0 heterocycles. The van der Waals surface area contributed by atoms with Crippen molar-refractivity contribution in [2.45, 2.75) is 0 Å². The van der Waals surface area contributed by atoms with Gasteiger partial charge in [0.15, 0.2) is 11.6 Å². The Morgan fingerprint density at radius 1 is 1.27 bits per heavy atom. The van der Waals surface area contributed by atoms with Crippen molar-refractivity contribution in [1.29, 1.82) is 10.7 Å². The van der Waals surface area contributed by atoms with E-state index in [0.717, 1.165) is 0 Å². The minimum absolute atomic E-state index is 0.231. The van der Waals surface area contributed by atoms with E-state index in [0.29, 0.717) is 22.2 Å². The molecule has 7 heteroatoms. The highest BCUT2D eigenvalue weighted by Crippen LogP contribution is 2.31. The van der Waals surface area contributed by atoms with Crippen LogP contribution in [0.15, 0.2) is 53.6 Å². The van der Waals surface area contributed by atoms with Crippen molar-refractivity contribution in [2.75, 3.05) is 5.43 Å². The molecule has 4 N–H and O–H groups in total. The molecule has 0 aliphatic carbocycles. The van der Waals surface area contributed by atoms with Gasteiger partial charge < -0.3 is 10.5 Å². The number of nitrogens with one attached hydrogen (secondary N) is 2. The van der Waals surface area contributed by atoms with E-state index in [2.05, 4.69) is 10.5 Å². The number of hydrogen-bond donors (Lipinski definition) is 3. The summed E-state index contributed by atoms with van der Waals surface area (Å²) in [7, 11) is 0. The molecule has 0 saturated heterocycles. The molecule has 0 bridgehead atoms. The van der Waals surface area contributed by atoms with E-state index in [-0.39, 0.29) is 5.71 Å². The van der Waals surface area contributed by atoms with Gasteiger partial charge in [-0.15, -0.1) is 0 Å². The van der Waals surface area contributed by atoms with Crippen molar-refractivity contribution in [3.8, 4) is 17.6 Å². The van der Waals surface area contributed by atoms with Gasteiger partial charge in [0.2, 0.25) is 5.71 Å². The summed E-state index contributed by atoms with van der Waals surface area (Å²) in [5, 5.41) is 20.3. The number of benzene rings is 2. The molecule has 2 aromatic rings. The number of hydrogen-bond acceptors (Lipinski definition) is 5. The van der Waals surface area contributed by atoms with Crippen LogP contribution in [0.1, 0.15) is 0 Å². The fraction of sp³-hybridized carbons (Fsp3) is 0. The second kappa shape index (κ2) is 7.11. The van der Waals surface area contributed by atoms with Crippen LogP contribution in [0.3, 0.4) is 0 Å². The van der Waals surface area contributed by atoms with Crippen molar-refractivity contribution >= 4 is 28.8 Å². The van der Waals surface area contributed by atoms with Gasteiger partial charge in [-0.1, -0.05) is 29.8 Å². The summed E-state index contributed by atoms with van der Waals surface area (Å²) in [6.07, 6.45) is 0. The van der Waals surface area contributed by atoms with Crippen LogP contribution in [0.5, 0.6) is 11.5 Å². The van der Waals surface area contributed by atoms with Crippen molar-refractivity contribution in [3.63, 3.8) is 0 Å². The average molecular weight is 314 g/mol. The minimum Gasteiger partial charge on any atom is -0.455 e. The van der Waals surface area contributed by atoms with Crippen LogP contribution in [-0.4, -0.2) is 11.5 Å². The topological polar surface area (TPSA) is 107 Å². The maximum atomic E-state index is 8.83. The van der Waals surface area contributed by atoms with Crippen LogP contribution in [0.2, 0.25) is 5.02 Å². The molecule has 22 heavy (non-hydrogen) atoms. The molecular weight excluding hydrogens is 302 g/mol. The minimum atomic E-state index is -0.428. The lowest BCUT2D eigenvalue weighted by Gasteiger charge is -2.11. The monoisotopic (exact) mass is 313 g/mol. The van der Waals surface area contributed by atoms with Gasteiger partial charge >= 0.3 is 0 Å². The largest absolute Gasteiger partial charge is 0.455 e. The summed E-state index contributed by atoms with van der Waals surface area (Å²) in [4.78, 5) is 0. The molecule has 0 radical (unpaired) electrons. The Bertz CT molecular complexity index is 752. The van der Waals surface area contributed by atoms with E-state index in [1.165, 1.54) is 0 Å². The van der Waals surface area contributed by atoms with Gasteiger partial charge in [0.05, 0.1) is 0 Å². The molecule has 2 aromatic carbocycles. The van der Waals surface area contributed by atoms with Gasteiger partial charge in [0.1, 0.15) is 17.5 Å². The smallest absolute Gasteiger partial charge is 0.201 e. The summed E-state index contributed by atoms with van der Waals surface area (Å²) in [5.74, 6) is 0.687. The number of para-hydroxylation sites is 1. The summed E-state index contributed by atoms with van der Waals surface area (Å²) in [6, 6.07) is 15.8. The molecule has 2 rings (SSSR count). The predicted octanol–water partition coefficient (Wildman–Crippen LogP) is 3.36. The van der Waals surface area contributed by atoms with Crippen LogP contribution < -0.4 is 15.9 Å². The molecule has 0 unspecified atom stereocenters. The Morgan fingerprint density at radius 3 is 2.64 bits per heavy atom. The second-order valence-electron chi connectivity index (χ2n) is 4.15. The fourth-order valence-corrected chi connectivity index (χ4v) is 1.73. The number of ether oxygens (including phenoxy) is 1. The maximum absolute atomic E-state index is 8.83. The first-order chi connectivity index (χ1) is 10.6. The number of amidine groups is 1. The lowest BCUT2D eigenvalue weighted by molar-refractivity contribution is 0.484. The second-order valence-corrected chi connectivity index (χ2v) is 4.59. The van der Waals surface area contributed by atoms with Crippen LogP contribution in [-0.2, 0) is 0 Å². The van der Waals surface area contributed by atoms with E-state index in [4.69, 9.17) is 32.7 Å². The SMILES string of the molecule is N#C/C(=N\Nc1cc(Cl)ccc1Oc1ccccc1)C(=N)N. The standard InChI is InChI=1S/C15H12ClN5O/c16-10-6-7-14(22-11-4-2-1-3-5-11)12(8-10)20-21-13(9-17)15(18)19/h1-8,20H,(H3,18,19)/b21-13+. The van der Waals surface area contributed by atoms with Crippen LogP contribution in [0.25, 0.3) is 0 Å². The molecular formula is C15H12ClN5O. The first-order valence-electron chi connectivity index (χ1n) is 6.21. The summed E-state index contributed by atoms with van der Waals surface area (Å²) >= 11 is 5.96. The number of nitrogens with two attached hydrogens (primary N) is 1. The number of hydrazone groups is 1. The molecule has 0 aliphatic heterocycles. The third-order valence-corrected chi connectivity index (χ3v) is 2.80. The van der Waals surface area contributed by atoms with E-state index in [9.17, 15) is 0 Å². The summed E-state index contributed by atoms with van der Waals surface area (Å²) in [6.45, 7) is 0. The zero-order chi connectivity index (χ0) is 15.9. The highest BCUT2D eigenvalue weighted by Gasteiger charge is 2.07. The lowest BCUT2D eigenvalue weighted by Crippen LogP contribution is -2.21. The Morgan fingerprint density at radius 2 is 2.00 bits per heavy atom. The highest BCUT2D eigenvalue weighted by molar-refractivity contribution is 6.45. The molecule has 0 saturated carbocycles.